The second kappa shape index (κ2) is 5.16. The molecule has 98 valence electrons. The molecule has 0 spiro atoms. The van der Waals surface area contributed by atoms with Crippen LogP contribution in [0.2, 0.25) is 0 Å². The SMILES string of the molecule is NCC1CCCN1Cc1ccc2c(c1)OCCO2. The Morgan fingerprint density at radius 2 is 2.06 bits per heavy atom. The van der Waals surface area contributed by atoms with Gasteiger partial charge in [0.25, 0.3) is 0 Å². The van der Waals surface area contributed by atoms with Crippen molar-refractivity contribution in [1.82, 2.24) is 4.90 Å². The van der Waals surface area contributed by atoms with E-state index in [-0.39, 0.29) is 0 Å². The lowest BCUT2D eigenvalue weighted by Crippen LogP contribution is -2.34. The van der Waals surface area contributed by atoms with Crippen LogP contribution in [0.5, 0.6) is 11.5 Å². The van der Waals surface area contributed by atoms with E-state index in [1.54, 1.807) is 0 Å². The molecule has 1 fully saturated rings. The van der Waals surface area contributed by atoms with Gasteiger partial charge in [-0.3, -0.25) is 4.90 Å². The van der Waals surface area contributed by atoms with Crippen molar-refractivity contribution < 1.29 is 9.47 Å². The minimum atomic E-state index is 0.540. The van der Waals surface area contributed by atoms with Crippen molar-refractivity contribution in [2.45, 2.75) is 25.4 Å². The van der Waals surface area contributed by atoms with Crippen LogP contribution in [0.25, 0.3) is 0 Å². The number of ether oxygens (including phenoxy) is 2. The summed E-state index contributed by atoms with van der Waals surface area (Å²) in [5.74, 6) is 1.74. The molecule has 1 saturated heterocycles. The molecule has 4 nitrogen and oxygen atoms in total. The Bertz CT molecular complexity index is 422. The maximum absolute atomic E-state index is 5.80. The normalized spacial score (nSPS) is 23.3. The molecule has 3 rings (SSSR count). The number of nitrogens with zero attached hydrogens (tertiary/aromatic N) is 1. The lowest BCUT2D eigenvalue weighted by Gasteiger charge is -2.24. The molecular formula is C14H20N2O2. The Hall–Kier alpha value is -1.26. The van der Waals surface area contributed by atoms with E-state index in [0.717, 1.165) is 31.1 Å². The minimum Gasteiger partial charge on any atom is -0.486 e. The van der Waals surface area contributed by atoms with Crippen LogP contribution < -0.4 is 15.2 Å². The molecule has 1 atom stereocenters. The predicted octanol–water partition coefficient (Wildman–Crippen LogP) is 1.38. The molecule has 2 aliphatic rings. The van der Waals surface area contributed by atoms with E-state index >= 15 is 0 Å². The number of benzene rings is 1. The molecule has 2 N–H and O–H groups in total. The summed E-state index contributed by atoms with van der Waals surface area (Å²) in [7, 11) is 0. The molecule has 0 radical (unpaired) electrons. The fraction of sp³-hybridized carbons (Fsp3) is 0.571. The number of rotatable bonds is 3. The van der Waals surface area contributed by atoms with Crippen LogP contribution in [0.3, 0.4) is 0 Å². The zero-order valence-corrected chi connectivity index (χ0v) is 10.6. The Morgan fingerprint density at radius 1 is 1.22 bits per heavy atom. The van der Waals surface area contributed by atoms with E-state index in [4.69, 9.17) is 15.2 Å². The van der Waals surface area contributed by atoms with Gasteiger partial charge in [-0.25, -0.2) is 0 Å². The minimum absolute atomic E-state index is 0.540. The number of nitrogens with two attached hydrogens (primary N) is 1. The quantitative estimate of drug-likeness (QED) is 0.878. The second-order valence-electron chi connectivity index (χ2n) is 4.98. The van der Waals surface area contributed by atoms with Gasteiger partial charge in [-0.15, -0.1) is 0 Å². The predicted molar refractivity (Wildman–Crippen MR) is 69.9 cm³/mol. The van der Waals surface area contributed by atoms with Crippen LogP contribution in [0.4, 0.5) is 0 Å². The van der Waals surface area contributed by atoms with Gasteiger partial charge >= 0.3 is 0 Å². The topological polar surface area (TPSA) is 47.7 Å². The van der Waals surface area contributed by atoms with Crippen molar-refractivity contribution in [1.29, 1.82) is 0 Å². The van der Waals surface area contributed by atoms with Crippen molar-refractivity contribution in [2.24, 2.45) is 5.73 Å². The van der Waals surface area contributed by atoms with Gasteiger partial charge in [0.1, 0.15) is 13.2 Å². The molecule has 2 aliphatic heterocycles. The van der Waals surface area contributed by atoms with E-state index in [9.17, 15) is 0 Å². The van der Waals surface area contributed by atoms with Crippen molar-refractivity contribution >= 4 is 0 Å². The molecule has 0 aliphatic carbocycles. The first-order valence-corrected chi connectivity index (χ1v) is 6.69. The molecule has 0 saturated carbocycles. The molecule has 1 aromatic carbocycles. The summed E-state index contributed by atoms with van der Waals surface area (Å²) in [5, 5.41) is 0. The summed E-state index contributed by atoms with van der Waals surface area (Å²) >= 11 is 0. The summed E-state index contributed by atoms with van der Waals surface area (Å²) in [6, 6.07) is 6.77. The van der Waals surface area contributed by atoms with Crippen molar-refractivity contribution in [3.05, 3.63) is 23.8 Å². The molecule has 18 heavy (non-hydrogen) atoms. The summed E-state index contributed by atoms with van der Waals surface area (Å²) in [6.07, 6.45) is 2.48. The first-order valence-electron chi connectivity index (χ1n) is 6.69. The maximum atomic E-state index is 5.80. The highest BCUT2D eigenvalue weighted by Crippen LogP contribution is 2.31. The van der Waals surface area contributed by atoms with E-state index in [2.05, 4.69) is 17.0 Å². The van der Waals surface area contributed by atoms with Gasteiger partial charge in [0.15, 0.2) is 11.5 Å². The third-order valence-electron chi connectivity index (χ3n) is 3.76. The van der Waals surface area contributed by atoms with Crippen molar-refractivity contribution in [2.75, 3.05) is 26.3 Å². The first-order chi connectivity index (χ1) is 8.86. The number of hydrogen-bond donors (Lipinski definition) is 1. The molecule has 0 aromatic heterocycles. The zero-order valence-electron chi connectivity index (χ0n) is 10.6. The monoisotopic (exact) mass is 248 g/mol. The Morgan fingerprint density at radius 3 is 2.89 bits per heavy atom. The zero-order chi connectivity index (χ0) is 12.4. The van der Waals surface area contributed by atoms with Crippen LogP contribution in [0.15, 0.2) is 18.2 Å². The standard InChI is InChI=1S/C14H20N2O2/c15-9-12-2-1-5-16(12)10-11-3-4-13-14(8-11)18-7-6-17-13/h3-4,8,12H,1-2,5-7,9-10,15H2. The highest BCUT2D eigenvalue weighted by atomic mass is 16.6. The maximum Gasteiger partial charge on any atom is 0.161 e. The fourth-order valence-corrected chi connectivity index (χ4v) is 2.79. The van der Waals surface area contributed by atoms with Crippen LogP contribution >= 0.6 is 0 Å². The van der Waals surface area contributed by atoms with E-state index in [1.165, 1.54) is 18.4 Å². The van der Waals surface area contributed by atoms with Gasteiger partial charge in [-0.05, 0) is 37.1 Å². The van der Waals surface area contributed by atoms with Gasteiger partial charge in [0, 0.05) is 19.1 Å². The Labute approximate surface area is 108 Å². The summed E-state index contributed by atoms with van der Waals surface area (Å²) < 4.78 is 11.1. The highest BCUT2D eigenvalue weighted by Gasteiger charge is 2.23. The van der Waals surface area contributed by atoms with E-state index in [1.807, 2.05) is 6.07 Å². The molecule has 0 bridgehead atoms. The molecule has 1 aromatic rings. The Balaban J connectivity index is 1.72. The smallest absolute Gasteiger partial charge is 0.161 e. The van der Waals surface area contributed by atoms with Crippen molar-refractivity contribution in [3.63, 3.8) is 0 Å². The van der Waals surface area contributed by atoms with Gasteiger partial charge in [0.05, 0.1) is 0 Å². The average Bonchev–Trinajstić information content (AvgIpc) is 2.86. The van der Waals surface area contributed by atoms with E-state index in [0.29, 0.717) is 19.3 Å². The molecular weight excluding hydrogens is 228 g/mol. The van der Waals surface area contributed by atoms with Crippen LogP contribution in [0, 0.1) is 0 Å². The van der Waals surface area contributed by atoms with Crippen LogP contribution in [0.1, 0.15) is 18.4 Å². The average molecular weight is 248 g/mol. The van der Waals surface area contributed by atoms with E-state index < -0.39 is 0 Å². The molecule has 1 unspecified atom stereocenters. The van der Waals surface area contributed by atoms with Crippen LogP contribution in [-0.4, -0.2) is 37.2 Å². The number of likely N-dealkylation sites (tertiary alicyclic amines) is 1. The second-order valence-corrected chi connectivity index (χ2v) is 4.98. The van der Waals surface area contributed by atoms with Gasteiger partial charge in [0.2, 0.25) is 0 Å². The lowest BCUT2D eigenvalue weighted by atomic mass is 10.1. The third kappa shape index (κ3) is 2.31. The fourth-order valence-electron chi connectivity index (χ4n) is 2.79. The lowest BCUT2D eigenvalue weighted by molar-refractivity contribution is 0.171. The molecule has 2 heterocycles. The summed E-state index contributed by atoms with van der Waals surface area (Å²) in [6.45, 7) is 4.15. The third-order valence-corrected chi connectivity index (χ3v) is 3.76. The summed E-state index contributed by atoms with van der Waals surface area (Å²) in [4.78, 5) is 2.46. The van der Waals surface area contributed by atoms with Crippen LogP contribution in [-0.2, 0) is 6.54 Å². The van der Waals surface area contributed by atoms with Gasteiger partial charge in [-0.2, -0.15) is 0 Å². The number of fused-ring (bicyclic) bond motifs is 1. The first kappa shape index (κ1) is 11.8. The molecule has 4 heteroatoms. The van der Waals surface area contributed by atoms with Gasteiger partial charge in [-0.1, -0.05) is 6.07 Å². The summed E-state index contributed by atoms with van der Waals surface area (Å²) in [5.41, 5.74) is 7.08. The largest absolute Gasteiger partial charge is 0.486 e. The highest BCUT2D eigenvalue weighted by molar-refractivity contribution is 5.43. The Kier molecular flexibility index (Phi) is 3.39. The van der Waals surface area contributed by atoms with Crippen molar-refractivity contribution in [3.8, 4) is 11.5 Å². The van der Waals surface area contributed by atoms with Gasteiger partial charge < -0.3 is 15.2 Å². The molecule has 0 amide bonds. The number of hydrogen-bond acceptors (Lipinski definition) is 4.